The molecule has 2 aromatic heterocycles. The number of hydrogen-bond donors (Lipinski definition) is 1. The van der Waals surface area contributed by atoms with Crippen molar-refractivity contribution in [1.29, 1.82) is 0 Å². The first-order chi connectivity index (χ1) is 12.9. The minimum atomic E-state index is -0.656. The average molecular weight is 409 g/mol. The molecule has 27 heavy (non-hydrogen) atoms. The number of benzene rings is 1. The summed E-state index contributed by atoms with van der Waals surface area (Å²) in [5, 5.41) is 18.5. The van der Waals surface area contributed by atoms with Gasteiger partial charge in [0.05, 0.1) is 17.1 Å². The zero-order valence-corrected chi connectivity index (χ0v) is 15.8. The van der Waals surface area contributed by atoms with Crippen molar-refractivity contribution in [3.63, 3.8) is 0 Å². The van der Waals surface area contributed by atoms with Crippen molar-refractivity contribution in [2.75, 3.05) is 12.4 Å². The molecular formula is C16H13ClN4O5S. The van der Waals surface area contributed by atoms with Gasteiger partial charge in [-0.2, -0.15) is 5.10 Å². The first-order valence-electron chi connectivity index (χ1n) is 7.69. The summed E-state index contributed by atoms with van der Waals surface area (Å²) >= 11 is 7.33. The summed E-state index contributed by atoms with van der Waals surface area (Å²) in [5.74, 6) is -1.20. The predicted octanol–water partition coefficient (Wildman–Crippen LogP) is 3.72. The van der Waals surface area contributed by atoms with Gasteiger partial charge >= 0.3 is 11.7 Å². The fourth-order valence-corrected chi connectivity index (χ4v) is 4.01. The van der Waals surface area contributed by atoms with E-state index in [1.807, 2.05) is 0 Å². The van der Waals surface area contributed by atoms with Crippen LogP contribution >= 0.6 is 22.9 Å². The van der Waals surface area contributed by atoms with E-state index in [0.29, 0.717) is 22.3 Å². The van der Waals surface area contributed by atoms with Crippen molar-refractivity contribution < 1.29 is 19.2 Å². The number of methoxy groups -OCH3 is 1. The second-order valence-corrected chi connectivity index (χ2v) is 6.78. The number of nitrogens with zero attached hydrogens (tertiary/aromatic N) is 3. The van der Waals surface area contributed by atoms with Crippen molar-refractivity contribution in [3.05, 3.63) is 50.1 Å². The van der Waals surface area contributed by atoms with Crippen molar-refractivity contribution in [2.24, 2.45) is 0 Å². The first-order valence-corrected chi connectivity index (χ1v) is 8.88. The lowest BCUT2D eigenvalue weighted by Crippen LogP contribution is -2.18. The molecule has 1 N–H and O–H groups in total. The van der Waals surface area contributed by atoms with Gasteiger partial charge in [0.15, 0.2) is 0 Å². The highest BCUT2D eigenvalue weighted by molar-refractivity contribution is 7.21. The highest BCUT2D eigenvalue weighted by Crippen LogP contribution is 2.37. The number of halogens is 1. The Morgan fingerprint density at radius 1 is 1.44 bits per heavy atom. The molecule has 0 bridgehead atoms. The second-order valence-electron chi connectivity index (χ2n) is 5.35. The summed E-state index contributed by atoms with van der Waals surface area (Å²) in [7, 11) is 1.26. The number of nitro groups is 1. The number of anilines is 1. The van der Waals surface area contributed by atoms with Crippen LogP contribution in [-0.4, -0.2) is 33.7 Å². The maximum atomic E-state index is 12.6. The summed E-state index contributed by atoms with van der Waals surface area (Å²) in [6.45, 7) is 2.03. The van der Waals surface area contributed by atoms with Gasteiger partial charge in [-0.3, -0.25) is 19.6 Å². The number of aryl methyl sites for hydroxylation is 1. The normalized spacial score (nSPS) is 10.8. The molecule has 1 aromatic carbocycles. The lowest BCUT2D eigenvalue weighted by atomic mass is 10.2. The minimum absolute atomic E-state index is 0.137. The quantitative estimate of drug-likeness (QED) is 0.390. The molecule has 0 aliphatic carbocycles. The van der Waals surface area contributed by atoms with Crippen LogP contribution in [0.3, 0.4) is 0 Å². The summed E-state index contributed by atoms with van der Waals surface area (Å²) < 4.78 is 6.61. The molecule has 0 fully saturated rings. The first kappa shape index (κ1) is 18.8. The molecule has 1 amide bonds. The van der Waals surface area contributed by atoms with Crippen LogP contribution in [0.25, 0.3) is 10.1 Å². The molecule has 0 aliphatic rings. The van der Waals surface area contributed by atoms with E-state index in [1.165, 1.54) is 11.8 Å². The van der Waals surface area contributed by atoms with Gasteiger partial charge in [-0.05, 0) is 25.1 Å². The Kier molecular flexibility index (Phi) is 5.10. The number of amides is 1. The molecule has 11 heteroatoms. The SMILES string of the molecule is CCn1ncc([N+](=O)[O-])c1C(=O)Nc1ccc2c(Cl)c(C(=O)OC)sc2c1. The van der Waals surface area contributed by atoms with E-state index >= 15 is 0 Å². The van der Waals surface area contributed by atoms with Gasteiger partial charge in [0, 0.05) is 22.3 Å². The Morgan fingerprint density at radius 2 is 2.19 bits per heavy atom. The van der Waals surface area contributed by atoms with Crippen LogP contribution in [0, 0.1) is 10.1 Å². The van der Waals surface area contributed by atoms with E-state index in [9.17, 15) is 19.7 Å². The van der Waals surface area contributed by atoms with Crippen molar-refractivity contribution in [1.82, 2.24) is 9.78 Å². The Morgan fingerprint density at radius 3 is 2.81 bits per heavy atom. The molecule has 140 valence electrons. The molecule has 0 atom stereocenters. The summed E-state index contributed by atoms with van der Waals surface area (Å²) in [4.78, 5) is 35.1. The average Bonchev–Trinajstić information content (AvgIpc) is 3.22. The minimum Gasteiger partial charge on any atom is -0.465 e. The molecule has 0 spiro atoms. The molecule has 2 heterocycles. The van der Waals surface area contributed by atoms with Gasteiger partial charge in [0.25, 0.3) is 5.91 Å². The third kappa shape index (κ3) is 3.36. The van der Waals surface area contributed by atoms with E-state index in [0.717, 1.165) is 17.5 Å². The number of rotatable bonds is 5. The van der Waals surface area contributed by atoms with Crippen LogP contribution in [0.1, 0.15) is 27.1 Å². The fourth-order valence-electron chi connectivity index (χ4n) is 2.54. The smallest absolute Gasteiger partial charge is 0.349 e. The third-order valence-corrected chi connectivity index (χ3v) is 5.43. The van der Waals surface area contributed by atoms with Gasteiger partial charge in [-0.1, -0.05) is 11.6 Å². The summed E-state index contributed by atoms with van der Waals surface area (Å²) in [6, 6.07) is 4.88. The molecule has 0 radical (unpaired) electrons. The number of fused-ring (bicyclic) bond motifs is 1. The van der Waals surface area contributed by atoms with Crippen LogP contribution in [0.15, 0.2) is 24.4 Å². The molecule has 0 unspecified atom stereocenters. The van der Waals surface area contributed by atoms with Gasteiger partial charge in [-0.25, -0.2) is 4.79 Å². The number of carbonyl (C=O) groups is 2. The number of thiophene rings is 1. The number of carbonyl (C=O) groups excluding carboxylic acids is 2. The monoisotopic (exact) mass is 408 g/mol. The van der Waals surface area contributed by atoms with Crippen LogP contribution in [-0.2, 0) is 11.3 Å². The Labute approximate surface area is 161 Å². The Balaban J connectivity index is 1.95. The lowest BCUT2D eigenvalue weighted by Gasteiger charge is -2.06. The summed E-state index contributed by atoms with van der Waals surface area (Å²) in [5.41, 5.74) is -0.107. The van der Waals surface area contributed by atoms with Gasteiger partial charge in [-0.15, -0.1) is 11.3 Å². The van der Waals surface area contributed by atoms with Crippen LogP contribution in [0.5, 0.6) is 0 Å². The van der Waals surface area contributed by atoms with Crippen LogP contribution in [0.4, 0.5) is 11.4 Å². The molecule has 0 aliphatic heterocycles. The van der Waals surface area contributed by atoms with E-state index in [1.54, 1.807) is 25.1 Å². The van der Waals surface area contributed by atoms with Crippen molar-refractivity contribution in [3.8, 4) is 0 Å². The topological polar surface area (TPSA) is 116 Å². The van der Waals surface area contributed by atoms with E-state index in [2.05, 4.69) is 10.4 Å². The number of aromatic nitrogens is 2. The molecule has 9 nitrogen and oxygen atoms in total. The number of nitrogens with one attached hydrogen (secondary N) is 1. The maximum absolute atomic E-state index is 12.6. The third-order valence-electron chi connectivity index (χ3n) is 3.79. The Hall–Kier alpha value is -2.98. The molecule has 0 saturated heterocycles. The van der Waals surface area contributed by atoms with Crippen molar-refractivity contribution in [2.45, 2.75) is 13.5 Å². The zero-order chi connectivity index (χ0) is 19.7. The standard InChI is InChI=1S/C16H13ClN4O5S/c1-3-20-13(10(7-18-20)21(24)25)15(22)19-8-4-5-9-11(6-8)27-14(12(9)17)16(23)26-2/h4-7H,3H2,1-2H3,(H,19,22). The van der Waals surface area contributed by atoms with Gasteiger partial charge in [0.1, 0.15) is 11.1 Å². The zero-order valence-electron chi connectivity index (χ0n) is 14.2. The molecule has 0 saturated carbocycles. The van der Waals surface area contributed by atoms with E-state index in [4.69, 9.17) is 16.3 Å². The highest BCUT2D eigenvalue weighted by atomic mass is 35.5. The molecule has 3 aromatic rings. The maximum Gasteiger partial charge on any atom is 0.349 e. The number of esters is 1. The number of hydrogen-bond acceptors (Lipinski definition) is 7. The van der Waals surface area contributed by atoms with Crippen LogP contribution in [0.2, 0.25) is 5.02 Å². The second kappa shape index (κ2) is 7.33. The molecular weight excluding hydrogens is 396 g/mol. The fraction of sp³-hybridized carbons (Fsp3) is 0.188. The number of ether oxygens (including phenoxy) is 1. The van der Waals surface area contributed by atoms with Gasteiger partial charge in [0.2, 0.25) is 5.69 Å². The van der Waals surface area contributed by atoms with Crippen LogP contribution < -0.4 is 5.32 Å². The highest BCUT2D eigenvalue weighted by Gasteiger charge is 2.26. The molecule has 3 rings (SSSR count). The predicted molar refractivity (Wildman–Crippen MR) is 101 cm³/mol. The lowest BCUT2D eigenvalue weighted by molar-refractivity contribution is -0.385. The Bertz CT molecular complexity index is 1070. The largest absolute Gasteiger partial charge is 0.465 e. The summed E-state index contributed by atoms with van der Waals surface area (Å²) in [6.07, 6.45) is 1.04. The van der Waals surface area contributed by atoms with E-state index in [-0.39, 0.29) is 21.3 Å². The van der Waals surface area contributed by atoms with Crippen molar-refractivity contribution >= 4 is 56.3 Å². The van der Waals surface area contributed by atoms with E-state index < -0.39 is 16.8 Å². The van der Waals surface area contributed by atoms with Gasteiger partial charge < -0.3 is 10.1 Å².